The molecule has 2 atom stereocenters. The molecule has 3 rings (SSSR count). The van der Waals surface area contributed by atoms with Crippen LogP contribution < -0.4 is 5.32 Å². The lowest BCUT2D eigenvalue weighted by molar-refractivity contribution is -0.00620. The highest BCUT2D eigenvalue weighted by atomic mass is 16.3. The molecule has 2 aliphatic heterocycles. The molecule has 2 heteroatoms. The van der Waals surface area contributed by atoms with E-state index in [0.29, 0.717) is 12.1 Å². The van der Waals surface area contributed by atoms with E-state index >= 15 is 0 Å². The van der Waals surface area contributed by atoms with Crippen LogP contribution in [0.2, 0.25) is 0 Å². The fourth-order valence-corrected chi connectivity index (χ4v) is 3.53. The molecule has 0 aliphatic carbocycles. The first-order valence-electron chi connectivity index (χ1n) is 6.68. The standard InChI is InChI=1S/C15H21NO/c1-11-4-2-3-5-12(11)8-15(17)9-13-6-7-14(10-15)16-13/h2-5,13-14,16-17H,6-10H2,1H3. The van der Waals surface area contributed by atoms with Gasteiger partial charge >= 0.3 is 0 Å². The van der Waals surface area contributed by atoms with Crippen LogP contribution in [-0.4, -0.2) is 22.8 Å². The zero-order valence-corrected chi connectivity index (χ0v) is 10.4. The van der Waals surface area contributed by atoms with Gasteiger partial charge in [-0.3, -0.25) is 0 Å². The van der Waals surface area contributed by atoms with Gasteiger partial charge in [0, 0.05) is 18.5 Å². The molecule has 92 valence electrons. The van der Waals surface area contributed by atoms with E-state index in [0.717, 1.165) is 19.3 Å². The summed E-state index contributed by atoms with van der Waals surface area (Å²) in [7, 11) is 0. The minimum atomic E-state index is -0.483. The lowest BCUT2D eigenvalue weighted by atomic mass is 9.81. The van der Waals surface area contributed by atoms with Crippen LogP contribution in [0.25, 0.3) is 0 Å². The van der Waals surface area contributed by atoms with Crippen molar-refractivity contribution in [3.63, 3.8) is 0 Å². The monoisotopic (exact) mass is 231 g/mol. The SMILES string of the molecule is Cc1ccccc1CC1(O)CC2CCC(C1)N2. The van der Waals surface area contributed by atoms with Crippen LogP contribution in [0, 0.1) is 6.92 Å². The molecule has 0 saturated carbocycles. The lowest BCUT2D eigenvalue weighted by Gasteiger charge is -2.37. The average Bonchev–Trinajstić information content (AvgIpc) is 2.62. The lowest BCUT2D eigenvalue weighted by Crippen LogP contribution is -2.49. The molecule has 2 fully saturated rings. The molecule has 0 spiro atoms. The molecule has 2 nitrogen and oxygen atoms in total. The Kier molecular flexibility index (Phi) is 2.72. The van der Waals surface area contributed by atoms with E-state index in [1.807, 2.05) is 0 Å². The van der Waals surface area contributed by atoms with Gasteiger partial charge in [0.15, 0.2) is 0 Å². The molecule has 0 amide bonds. The van der Waals surface area contributed by atoms with Gasteiger partial charge in [0.25, 0.3) is 0 Å². The van der Waals surface area contributed by atoms with E-state index < -0.39 is 5.60 Å². The molecule has 2 N–H and O–H groups in total. The Hall–Kier alpha value is -0.860. The third-order valence-corrected chi connectivity index (χ3v) is 4.37. The van der Waals surface area contributed by atoms with Crippen molar-refractivity contribution in [1.29, 1.82) is 0 Å². The summed E-state index contributed by atoms with van der Waals surface area (Å²) in [5.41, 5.74) is 2.12. The van der Waals surface area contributed by atoms with Gasteiger partial charge in [0.05, 0.1) is 5.60 Å². The molecule has 17 heavy (non-hydrogen) atoms. The Morgan fingerprint density at radius 1 is 1.24 bits per heavy atom. The van der Waals surface area contributed by atoms with Crippen molar-refractivity contribution in [2.24, 2.45) is 0 Å². The number of hydrogen-bond donors (Lipinski definition) is 2. The van der Waals surface area contributed by atoms with Crippen LogP contribution in [0.1, 0.15) is 36.8 Å². The summed E-state index contributed by atoms with van der Waals surface area (Å²) in [6.07, 6.45) is 5.12. The summed E-state index contributed by atoms with van der Waals surface area (Å²) in [6.45, 7) is 2.13. The summed E-state index contributed by atoms with van der Waals surface area (Å²) in [5, 5.41) is 14.4. The van der Waals surface area contributed by atoms with E-state index in [1.54, 1.807) is 0 Å². The first kappa shape index (κ1) is 11.2. The molecular formula is C15H21NO. The predicted molar refractivity (Wildman–Crippen MR) is 69.0 cm³/mol. The largest absolute Gasteiger partial charge is 0.389 e. The summed E-state index contributed by atoms with van der Waals surface area (Å²) < 4.78 is 0. The van der Waals surface area contributed by atoms with Crippen LogP contribution in [0.5, 0.6) is 0 Å². The normalized spacial score (nSPS) is 36.1. The zero-order valence-electron chi connectivity index (χ0n) is 10.4. The van der Waals surface area contributed by atoms with Gasteiger partial charge in [-0.15, -0.1) is 0 Å². The number of rotatable bonds is 2. The van der Waals surface area contributed by atoms with E-state index in [1.165, 1.54) is 24.0 Å². The van der Waals surface area contributed by atoms with Gasteiger partial charge < -0.3 is 10.4 Å². The van der Waals surface area contributed by atoms with E-state index in [4.69, 9.17) is 0 Å². The van der Waals surface area contributed by atoms with Crippen molar-refractivity contribution in [2.45, 2.75) is 56.7 Å². The topological polar surface area (TPSA) is 32.3 Å². The van der Waals surface area contributed by atoms with Gasteiger partial charge in [-0.05, 0) is 43.7 Å². The second-order valence-electron chi connectivity index (χ2n) is 5.87. The van der Waals surface area contributed by atoms with Crippen molar-refractivity contribution in [2.75, 3.05) is 0 Å². The number of fused-ring (bicyclic) bond motifs is 2. The van der Waals surface area contributed by atoms with Crippen LogP contribution in [0.4, 0.5) is 0 Å². The Labute approximate surface area is 103 Å². The first-order valence-corrected chi connectivity index (χ1v) is 6.68. The predicted octanol–water partition coefficient (Wildman–Crippen LogP) is 2.18. The number of benzene rings is 1. The maximum absolute atomic E-state index is 10.8. The van der Waals surface area contributed by atoms with Crippen molar-refractivity contribution in [3.8, 4) is 0 Å². The fourth-order valence-electron chi connectivity index (χ4n) is 3.53. The van der Waals surface area contributed by atoms with Gasteiger partial charge in [0.2, 0.25) is 0 Å². The molecule has 0 radical (unpaired) electrons. The van der Waals surface area contributed by atoms with Crippen LogP contribution in [-0.2, 0) is 6.42 Å². The molecule has 2 bridgehead atoms. The molecule has 0 aromatic heterocycles. The van der Waals surface area contributed by atoms with Gasteiger partial charge in [0.1, 0.15) is 0 Å². The smallest absolute Gasteiger partial charge is 0.0717 e. The molecule has 2 aliphatic rings. The van der Waals surface area contributed by atoms with Gasteiger partial charge in [-0.25, -0.2) is 0 Å². The Bertz CT molecular complexity index is 403. The third-order valence-electron chi connectivity index (χ3n) is 4.37. The van der Waals surface area contributed by atoms with E-state index in [2.05, 4.69) is 36.5 Å². The Morgan fingerprint density at radius 3 is 2.53 bits per heavy atom. The van der Waals surface area contributed by atoms with Crippen LogP contribution in [0.15, 0.2) is 24.3 Å². The van der Waals surface area contributed by atoms with E-state index in [-0.39, 0.29) is 0 Å². The van der Waals surface area contributed by atoms with Crippen LogP contribution in [0.3, 0.4) is 0 Å². The molecule has 2 heterocycles. The molecule has 1 aromatic rings. The number of aliphatic hydroxyl groups is 1. The summed E-state index contributed by atoms with van der Waals surface area (Å²) >= 11 is 0. The fraction of sp³-hybridized carbons (Fsp3) is 0.600. The van der Waals surface area contributed by atoms with Crippen molar-refractivity contribution < 1.29 is 5.11 Å². The maximum Gasteiger partial charge on any atom is 0.0717 e. The average molecular weight is 231 g/mol. The third kappa shape index (κ3) is 2.24. The Balaban J connectivity index is 1.78. The maximum atomic E-state index is 10.8. The first-order chi connectivity index (χ1) is 8.15. The Morgan fingerprint density at radius 2 is 1.88 bits per heavy atom. The summed E-state index contributed by atoms with van der Waals surface area (Å²) in [4.78, 5) is 0. The van der Waals surface area contributed by atoms with Crippen molar-refractivity contribution in [1.82, 2.24) is 5.32 Å². The highest BCUT2D eigenvalue weighted by molar-refractivity contribution is 5.27. The number of hydrogen-bond acceptors (Lipinski definition) is 2. The summed E-state index contributed by atoms with van der Waals surface area (Å²) in [6, 6.07) is 9.51. The second kappa shape index (κ2) is 4.11. The number of aryl methyl sites for hydroxylation is 1. The minimum Gasteiger partial charge on any atom is -0.389 e. The molecule has 2 saturated heterocycles. The van der Waals surface area contributed by atoms with Gasteiger partial charge in [-0.2, -0.15) is 0 Å². The highest BCUT2D eigenvalue weighted by Gasteiger charge is 2.42. The van der Waals surface area contributed by atoms with Crippen molar-refractivity contribution >= 4 is 0 Å². The van der Waals surface area contributed by atoms with E-state index in [9.17, 15) is 5.11 Å². The second-order valence-corrected chi connectivity index (χ2v) is 5.87. The molecule has 1 aromatic carbocycles. The highest BCUT2D eigenvalue weighted by Crippen LogP contribution is 2.36. The molecular weight excluding hydrogens is 210 g/mol. The summed E-state index contributed by atoms with van der Waals surface area (Å²) in [5.74, 6) is 0. The minimum absolute atomic E-state index is 0.483. The van der Waals surface area contributed by atoms with Crippen molar-refractivity contribution in [3.05, 3.63) is 35.4 Å². The van der Waals surface area contributed by atoms with Gasteiger partial charge in [-0.1, -0.05) is 24.3 Å². The van der Waals surface area contributed by atoms with Crippen LogP contribution >= 0.6 is 0 Å². The zero-order chi connectivity index (χ0) is 11.9. The quantitative estimate of drug-likeness (QED) is 0.817. The number of piperidine rings is 1. The molecule has 2 unspecified atom stereocenters. The number of nitrogens with one attached hydrogen (secondary N) is 1.